The van der Waals surface area contributed by atoms with Crippen molar-refractivity contribution in [1.82, 2.24) is 23.2 Å². The first-order valence-electron chi connectivity index (χ1n) is 8.06. The van der Waals surface area contributed by atoms with Crippen molar-refractivity contribution in [3.8, 4) is 0 Å². The summed E-state index contributed by atoms with van der Waals surface area (Å²) in [5.74, 6) is 1.30. The summed E-state index contributed by atoms with van der Waals surface area (Å²) in [5.41, 5.74) is 0.514. The molecular weight excluding hydrogens is 362 g/mol. The van der Waals surface area contributed by atoms with E-state index in [0.717, 1.165) is 25.2 Å². The Kier molecular flexibility index (Phi) is 4.05. The van der Waals surface area contributed by atoms with Crippen molar-refractivity contribution in [2.75, 3.05) is 13.6 Å². The van der Waals surface area contributed by atoms with Crippen LogP contribution in [0.4, 0.5) is 0 Å². The highest BCUT2D eigenvalue weighted by atomic mass is 35.5. The van der Waals surface area contributed by atoms with Crippen LogP contribution in [0, 0.1) is 5.92 Å². The molecule has 0 fully saturated rings. The van der Waals surface area contributed by atoms with Crippen molar-refractivity contribution >= 4 is 27.3 Å². The third kappa shape index (κ3) is 2.84. The summed E-state index contributed by atoms with van der Waals surface area (Å²) in [7, 11) is -2.14. The van der Waals surface area contributed by atoms with Crippen LogP contribution < -0.4 is 0 Å². The highest BCUT2D eigenvalue weighted by molar-refractivity contribution is 7.89. The highest BCUT2D eigenvalue weighted by Crippen LogP contribution is 2.27. The van der Waals surface area contributed by atoms with Crippen LogP contribution in [0.25, 0.3) is 5.65 Å². The van der Waals surface area contributed by atoms with Crippen LogP contribution in [0.15, 0.2) is 41.8 Å². The monoisotopic (exact) mass is 379 g/mol. The lowest BCUT2D eigenvalue weighted by Gasteiger charge is -2.27. The molecule has 1 unspecified atom stereocenters. The van der Waals surface area contributed by atoms with Crippen molar-refractivity contribution < 1.29 is 8.42 Å². The van der Waals surface area contributed by atoms with Gasteiger partial charge >= 0.3 is 0 Å². The maximum Gasteiger partial charge on any atom is 0.262 e. The first kappa shape index (κ1) is 16.6. The van der Waals surface area contributed by atoms with E-state index in [1.54, 1.807) is 37.6 Å². The summed E-state index contributed by atoms with van der Waals surface area (Å²) in [6, 6.07) is 5.28. The smallest absolute Gasteiger partial charge is 0.262 e. The molecule has 4 rings (SSSR count). The van der Waals surface area contributed by atoms with E-state index in [0.29, 0.717) is 12.2 Å². The van der Waals surface area contributed by atoms with Gasteiger partial charge in [0.2, 0.25) is 0 Å². The zero-order valence-corrected chi connectivity index (χ0v) is 15.3. The lowest BCUT2D eigenvalue weighted by Crippen LogP contribution is -2.36. The van der Waals surface area contributed by atoms with E-state index < -0.39 is 10.0 Å². The summed E-state index contributed by atoms with van der Waals surface area (Å²) in [5, 5.41) is 0.0185. The molecule has 0 spiro atoms. The first-order chi connectivity index (χ1) is 12.0. The first-order valence-corrected chi connectivity index (χ1v) is 9.87. The number of hydrogen-bond acceptors (Lipinski definition) is 4. The molecule has 0 aromatic carbocycles. The molecule has 0 aliphatic carbocycles. The zero-order chi connectivity index (χ0) is 17.6. The molecule has 0 saturated carbocycles. The maximum atomic E-state index is 13.1. The molecule has 0 bridgehead atoms. The fraction of sp³-hybridized carbons (Fsp3) is 0.375. The summed E-state index contributed by atoms with van der Waals surface area (Å²) in [6.07, 6.45) is 7.17. The molecular formula is C16H18ClN5O2S. The minimum Gasteiger partial charge on any atom is -0.335 e. The Labute approximate surface area is 150 Å². The fourth-order valence-electron chi connectivity index (χ4n) is 3.37. The van der Waals surface area contributed by atoms with Gasteiger partial charge in [0.05, 0.1) is 0 Å². The van der Waals surface area contributed by atoms with Gasteiger partial charge in [-0.25, -0.2) is 18.4 Å². The van der Waals surface area contributed by atoms with Crippen LogP contribution in [0.2, 0.25) is 5.15 Å². The van der Waals surface area contributed by atoms with E-state index in [9.17, 15) is 8.42 Å². The van der Waals surface area contributed by atoms with Crippen molar-refractivity contribution in [3.05, 3.63) is 47.8 Å². The molecule has 0 amide bonds. The van der Waals surface area contributed by atoms with Gasteiger partial charge in [-0.15, -0.1) is 0 Å². The molecule has 1 aliphatic rings. The van der Waals surface area contributed by atoms with E-state index >= 15 is 0 Å². The molecule has 132 valence electrons. The van der Waals surface area contributed by atoms with Gasteiger partial charge in [-0.3, -0.25) is 4.40 Å². The van der Waals surface area contributed by atoms with Crippen LogP contribution >= 0.6 is 11.6 Å². The second-order valence-corrected chi connectivity index (χ2v) is 8.64. The molecule has 9 heteroatoms. The number of imidazole rings is 2. The van der Waals surface area contributed by atoms with Gasteiger partial charge in [0.25, 0.3) is 10.0 Å². The summed E-state index contributed by atoms with van der Waals surface area (Å²) in [6.45, 7) is 1.20. The van der Waals surface area contributed by atoms with Gasteiger partial charge < -0.3 is 4.57 Å². The van der Waals surface area contributed by atoms with E-state index in [1.807, 2.05) is 6.20 Å². The predicted molar refractivity (Wildman–Crippen MR) is 94.1 cm³/mol. The third-order valence-electron chi connectivity index (χ3n) is 4.65. The Balaban J connectivity index is 1.61. The van der Waals surface area contributed by atoms with Gasteiger partial charge in [0.15, 0.2) is 10.2 Å². The Hall–Kier alpha value is -1.90. The molecule has 25 heavy (non-hydrogen) atoms. The molecule has 0 N–H and O–H groups in total. The Morgan fingerprint density at radius 1 is 1.36 bits per heavy atom. The third-order valence-corrected chi connectivity index (χ3v) is 6.87. The van der Waals surface area contributed by atoms with Crippen molar-refractivity contribution in [2.45, 2.75) is 24.4 Å². The normalized spacial score (nSPS) is 18.0. The van der Waals surface area contributed by atoms with Gasteiger partial charge in [0.1, 0.15) is 11.5 Å². The van der Waals surface area contributed by atoms with Crippen molar-refractivity contribution in [2.24, 2.45) is 5.92 Å². The average molecular weight is 380 g/mol. The summed E-state index contributed by atoms with van der Waals surface area (Å²) in [4.78, 5) is 8.45. The van der Waals surface area contributed by atoms with Gasteiger partial charge in [-0.05, 0) is 24.5 Å². The minimum atomic E-state index is -3.74. The number of fused-ring (bicyclic) bond motifs is 2. The van der Waals surface area contributed by atoms with Crippen LogP contribution in [-0.4, -0.2) is 45.3 Å². The Morgan fingerprint density at radius 3 is 3.04 bits per heavy atom. The largest absolute Gasteiger partial charge is 0.335 e. The van der Waals surface area contributed by atoms with Crippen molar-refractivity contribution in [1.29, 1.82) is 0 Å². The van der Waals surface area contributed by atoms with Crippen LogP contribution in [-0.2, 0) is 23.0 Å². The van der Waals surface area contributed by atoms with E-state index in [4.69, 9.17) is 11.6 Å². The molecule has 1 atom stereocenters. The zero-order valence-electron chi connectivity index (χ0n) is 13.7. The number of hydrogen-bond donors (Lipinski definition) is 0. The average Bonchev–Trinajstić information content (AvgIpc) is 3.17. The number of nitrogens with zero attached hydrogens (tertiary/aromatic N) is 5. The quantitative estimate of drug-likeness (QED) is 0.695. The molecule has 0 radical (unpaired) electrons. The summed E-state index contributed by atoms with van der Waals surface area (Å²) >= 11 is 6.14. The van der Waals surface area contributed by atoms with Crippen LogP contribution in [0.1, 0.15) is 12.2 Å². The van der Waals surface area contributed by atoms with Crippen LogP contribution in [0.3, 0.4) is 0 Å². The van der Waals surface area contributed by atoms with Gasteiger partial charge in [0, 0.05) is 45.1 Å². The van der Waals surface area contributed by atoms with E-state index in [1.165, 1.54) is 8.71 Å². The standard InChI is InChI=1S/C16H18ClN5O2S/c1-20(10-12-5-6-13-18-7-9-21(13)11-12)25(23,24)16-15(17)19-14-4-2-3-8-22(14)16/h2-4,7-9,12H,5-6,10-11H2,1H3. The molecule has 1 aliphatic heterocycles. The fourth-order valence-corrected chi connectivity index (χ4v) is 5.20. The predicted octanol–water partition coefficient (Wildman–Crippen LogP) is 2.07. The number of aryl methyl sites for hydroxylation is 1. The van der Waals surface area contributed by atoms with E-state index in [2.05, 4.69) is 14.5 Å². The van der Waals surface area contributed by atoms with Gasteiger partial charge in [-0.2, -0.15) is 4.31 Å². The lowest BCUT2D eigenvalue weighted by molar-refractivity contribution is 0.302. The topological polar surface area (TPSA) is 72.5 Å². The van der Waals surface area contributed by atoms with E-state index in [-0.39, 0.29) is 16.1 Å². The minimum absolute atomic E-state index is 0.00131. The molecule has 4 heterocycles. The molecule has 7 nitrogen and oxygen atoms in total. The van der Waals surface area contributed by atoms with Crippen LogP contribution in [0.5, 0.6) is 0 Å². The lowest BCUT2D eigenvalue weighted by atomic mass is 10.00. The second-order valence-electron chi connectivity index (χ2n) is 6.32. The number of pyridine rings is 1. The number of aromatic nitrogens is 4. The number of sulfonamides is 1. The summed E-state index contributed by atoms with van der Waals surface area (Å²) < 4.78 is 31.1. The van der Waals surface area contributed by atoms with Gasteiger partial charge in [-0.1, -0.05) is 17.7 Å². The number of rotatable bonds is 4. The Bertz CT molecular complexity index is 1030. The Morgan fingerprint density at radius 2 is 2.20 bits per heavy atom. The van der Waals surface area contributed by atoms with Crippen molar-refractivity contribution in [3.63, 3.8) is 0 Å². The maximum absolute atomic E-state index is 13.1. The SMILES string of the molecule is CN(CC1CCc2nccn2C1)S(=O)(=O)c1c(Cl)nc2ccccn12. The second kappa shape index (κ2) is 6.12. The molecule has 3 aromatic rings. The molecule has 0 saturated heterocycles. The number of halogens is 1. The highest BCUT2D eigenvalue weighted by Gasteiger charge is 2.31. The molecule has 3 aromatic heterocycles.